The van der Waals surface area contributed by atoms with Crippen LogP contribution in [-0.2, 0) is 4.74 Å². The molecule has 3 rings (SSSR count). The van der Waals surface area contributed by atoms with E-state index >= 15 is 0 Å². The van der Waals surface area contributed by atoms with Gasteiger partial charge in [-0.25, -0.2) is 4.79 Å². The van der Waals surface area contributed by atoms with Crippen LogP contribution in [0.15, 0.2) is 48.5 Å². The fourth-order valence-electron chi connectivity index (χ4n) is 3.53. The number of carbonyl (C=O) groups excluding carboxylic acids is 1. The highest BCUT2D eigenvalue weighted by molar-refractivity contribution is 5.70. The summed E-state index contributed by atoms with van der Waals surface area (Å²) in [5, 5.41) is 0. The van der Waals surface area contributed by atoms with Gasteiger partial charge in [-0.3, -0.25) is 4.90 Å². The van der Waals surface area contributed by atoms with Crippen LogP contribution in [0.2, 0.25) is 0 Å². The van der Waals surface area contributed by atoms with Gasteiger partial charge in [0, 0.05) is 0 Å². The summed E-state index contributed by atoms with van der Waals surface area (Å²) in [7, 11) is 0. The Labute approximate surface area is 164 Å². The quantitative estimate of drug-likeness (QED) is 0.591. The van der Waals surface area contributed by atoms with Crippen molar-refractivity contribution in [1.29, 1.82) is 0 Å². The van der Waals surface area contributed by atoms with Gasteiger partial charge in [-0.05, 0) is 50.7 Å². The van der Waals surface area contributed by atoms with E-state index in [1.807, 2.05) is 4.90 Å². The third-order valence-corrected chi connectivity index (χ3v) is 5.50. The molecule has 1 fully saturated rings. The molecule has 1 aliphatic rings. The lowest BCUT2D eigenvalue weighted by Gasteiger charge is -2.22. The topological polar surface area (TPSA) is 29.5 Å². The Balaban J connectivity index is 0.00000261. The lowest BCUT2D eigenvalue weighted by Crippen LogP contribution is -2.28. The Hall–Kier alpha value is -2.29. The van der Waals surface area contributed by atoms with Crippen LogP contribution in [0.1, 0.15) is 68.3 Å². The SMILES string of the molecule is C.Cc1ccc([C@H](C)CC[C@@H]2CN([C@@H](C)c3ccc(C)cc3)C(=O)O2)cc1. The monoisotopic (exact) mass is 367 g/mol. The molecule has 0 N–H and O–H groups in total. The van der Waals surface area contributed by atoms with Crippen molar-refractivity contribution in [3.05, 3.63) is 70.8 Å². The molecule has 0 spiro atoms. The molecule has 1 amide bonds. The molecule has 1 heterocycles. The number of cyclic esters (lactones) is 1. The van der Waals surface area contributed by atoms with Gasteiger partial charge >= 0.3 is 6.09 Å². The minimum atomic E-state index is -0.189. The van der Waals surface area contributed by atoms with Gasteiger partial charge in [-0.15, -0.1) is 0 Å². The number of rotatable bonds is 6. The largest absolute Gasteiger partial charge is 0.444 e. The summed E-state index contributed by atoms with van der Waals surface area (Å²) in [6, 6.07) is 17.1. The van der Waals surface area contributed by atoms with Crippen LogP contribution in [-0.4, -0.2) is 23.6 Å². The summed E-state index contributed by atoms with van der Waals surface area (Å²) in [6.45, 7) is 9.17. The first-order chi connectivity index (χ1) is 12.4. The second-order valence-corrected chi connectivity index (χ2v) is 7.63. The van der Waals surface area contributed by atoms with Crippen LogP contribution in [0, 0.1) is 13.8 Å². The normalized spacial score (nSPS) is 18.6. The van der Waals surface area contributed by atoms with E-state index in [9.17, 15) is 4.79 Å². The summed E-state index contributed by atoms with van der Waals surface area (Å²) in [6.07, 6.45) is 1.72. The van der Waals surface area contributed by atoms with Crippen molar-refractivity contribution in [2.45, 2.75) is 66.0 Å². The highest BCUT2D eigenvalue weighted by Crippen LogP contribution is 2.29. The van der Waals surface area contributed by atoms with Gasteiger partial charge in [0.25, 0.3) is 0 Å². The predicted octanol–water partition coefficient (Wildman–Crippen LogP) is 6.41. The average Bonchev–Trinajstić information content (AvgIpc) is 3.01. The summed E-state index contributed by atoms with van der Waals surface area (Å²) in [5.74, 6) is 0.470. The van der Waals surface area contributed by atoms with Crippen LogP contribution in [0.4, 0.5) is 4.79 Å². The van der Waals surface area contributed by atoms with Gasteiger partial charge in [-0.2, -0.15) is 0 Å². The maximum Gasteiger partial charge on any atom is 0.410 e. The molecule has 3 nitrogen and oxygen atoms in total. The van der Waals surface area contributed by atoms with Crippen molar-refractivity contribution in [1.82, 2.24) is 4.90 Å². The van der Waals surface area contributed by atoms with Gasteiger partial charge in [0.15, 0.2) is 0 Å². The molecule has 146 valence electrons. The van der Waals surface area contributed by atoms with Crippen LogP contribution in [0.3, 0.4) is 0 Å². The van der Waals surface area contributed by atoms with Crippen molar-refractivity contribution >= 4 is 6.09 Å². The second-order valence-electron chi connectivity index (χ2n) is 7.63. The summed E-state index contributed by atoms with van der Waals surface area (Å²) >= 11 is 0. The van der Waals surface area contributed by atoms with Gasteiger partial charge in [0.05, 0.1) is 12.6 Å². The number of ether oxygens (including phenoxy) is 1. The molecule has 1 saturated heterocycles. The fraction of sp³-hybridized carbons (Fsp3) is 0.458. The molecule has 0 saturated carbocycles. The Morgan fingerprint density at radius 1 is 0.963 bits per heavy atom. The Morgan fingerprint density at radius 3 is 2.04 bits per heavy atom. The van der Waals surface area contributed by atoms with Crippen LogP contribution in [0.25, 0.3) is 0 Å². The lowest BCUT2D eigenvalue weighted by molar-refractivity contribution is 0.124. The van der Waals surface area contributed by atoms with Crippen LogP contribution < -0.4 is 0 Å². The maximum atomic E-state index is 12.3. The summed E-state index contributed by atoms with van der Waals surface area (Å²) < 4.78 is 5.63. The first-order valence-electron chi connectivity index (χ1n) is 9.54. The number of amides is 1. The Kier molecular flexibility index (Phi) is 7.06. The number of carbonyl (C=O) groups is 1. The zero-order valence-corrected chi connectivity index (χ0v) is 16.2. The summed E-state index contributed by atoms with van der Waals surface area (Å²) in [5.41, 5.74) is 5.02. The van der Waals surface area contributed by atoms with Gasteiger partial charge in [0.1, 0.15) is 6.10 Å². The van der Waals surface area contributed by atoms with Crippen molar-refractivity contribution < 1.29 is 9.53 Å². The summed E-state index contributed by atoms with van der Waals surface area (Å²) in [4.78, 5) is 14.2. The standard InChI is InChI=1S/C23H29NO2.CH4/c1-16-5-10-20(11-6-16)18(3)9-14-22-15-24(23(25)26-22)19(4)21-12-7-17(2)8-13-21;/h5-8,10-13,18-19,22H,9,14-15H2,1-4H3;1H4/t18-,19+,22-;/m1./s1. The molecule has 27 heavy (non-hydrogen) atoms. The molecule has 0 unspecified atom stereocenters. The van der Waals surface area contributed by atoms with Crippen molar-refractivity contribution in [2.75, 3.05) is 6.54 Å². The number of aryl methyl sites for hydroxylation is 2. The minimum absolute atomic E-state index is 0. The number of nitrogens with zero attached hydrogens (tertiary/aromatic N) is 1. The third kappa shape index (κ3) is 5.12. The molecule has 2 aromatic rings. The van der Waals surface area contributed by atoms with Crippen molar-refractivity contribution in [3.8, 4) is 0 Å². The highest BCUT2D eigenvalue weighted by Gasteiger charge is 2.34. The first kappa shape index (κ1) is 21.0. The van der Waals surface area contributed by atoms with E-state index in [2.05, 4.69) is 76.2 Å². The fourth-order valence-corrected chi connectivity index (χ4v) is 3.53. The zero-order valence-electron chi connectivity index (χ0n) is 16.2. The molecular weight excluding hydrogens is 334 g/mol. The van der Waals surface area contributed by atoms with Crippen LogP contribution >= 0.6 is 0 Å². The zero-order chi connectivity index (χ0) is 18.7. The molecule has 1 aliphatic heterocycles. The van der Waals surface area contributed by atoms with Crippen molar-refractivity contribution in [3.63, 3.8) is 0 Å². The van der Waals surface area contributed by atoms with Gasteiger partial charge in [0.2, 0.25) is 0 Å². The van der Waals surface area contributed by atoms with Gasteiger partial charge in [-0.1, -0.05) is 74.0 Å². The van der Waals surface area contributed by atoms with E-state index < -0.39 is 0 Å². The number of benzene rings is 2. The van der Waals surface area contributed by atoms with Gasteiger partial charge < -0.3 is 4.74 Å². The van der Waals surface area contributed by atoms with E-state index in [4.69, 9.17) is 4.74 Å². The Morgan fingerprint density at radius 2 is 1.48 bits per heavy atom. The average molecular weight is 368 g/mol. The second kappa shape index (κ2) is 9.07. The van der Waals surface area contributed by atoms with E-state index in [0.29, 0.717) is 12.5 Å². The molecule has 3 heteroatoms. The molecule has 0 bridgehead atoms. The molecule has 0 aromatic heterocycles. The minimum Gasteiger partial charge on any atom is -0.444 e. The highest BCUT2D eigenvalue weighted by atomic mass is 16.6. The van der Waals surface area contributed by atoms with E-state index in [-0.39, 0.29) is 25.7 Å². The molecule has 0 radical (unpaired) electrons. The lowest BCUT2D eigenvalue weighted by atomic mass is 9.94. The molecule has 2 aromatic carbocycles. The maximum absolute atomic E-state index is 12.3. The predicted molar refractivity (Wildman–Crippen MR) is 112 cm³/mol. The van der Waals surface area contributed by atoms with E-state index in [0.717, 1.165) is 18.4 Å². The Bertz CT molecular complexity index is 736. The van der Waals surface area contributed by atoms with E-state index in [1.165, 1.54) is 16.7 Å². The smallest absolute Gasteiger partial charge is 0.410 e. The molecule has 3 atom stereocenters. The number of hydrogen-bond donors (Lipinski definition) is 0. The third-order valence-electron chi connectivity index (χ3n) is 5.50. The van der Waals surface area contributed by atoms with E-state index in [1.54, 1.807) is 0 Å². The number of hydrogen-bond acceptors (Lipinski definition) is 2. The molecule has 0 aliphatic carbocycles. The molecular formula is C24H33NO2. The first-order valence-corrected chi connectivity index (χ1v) is 9.54. The van der Waals surface area contributed by atoms with Crippen molar-refractivity contribution in [2.24, 2.45) is 0 Å². The van der Waals surface area contributed by atoms with Crippen LogP contribution in [0.5, 0.6) is 0 Å².